The molecule has 1 aromatic rings. The van der Waals surface area contributed by atoms with Crippen LogP contribution in [-0.4, -0.2) is 51.6 Å². The highest BCUT2D eigenvalue weighted by Gasteiger charge is 2.37. The molecule has 0 spiro atoms. The Labute approximate surface area is 119 Å². The van der Waals surface area contributed by atoms with Gasteiger partial charge in [-0.05, 0) is 20.4 Å². The minimum atomic E-state index is -0.773. The molecule has 1 N–H and O–H groups in total. The van der Waals surface area contributed by atoms with Gasteiger partial charge >= 0.3 is 5.97 Å². The Bertz CT molecular complexity index is 498. The van der Waals surface area contributed by atoms with E-state index in [2.05, 4.69) is 16.9 Å². The van der Waals surface area contributed by atoms with E-state index in [1.54, 1.807) is 0 Å². The average Bonchev–Trinajstić information content (AvgIpc) is 2.95. The number of carbonyl (C=O) groups is 1. The zero-order valence-electron chi connectivity index (χ0n) is 12.6. The van der Waals surface area contributed by atoms with Crippen LogP contribution in [0.5, 0.6) is 0 Å². The fourth-order valence-corrected chi connectivity index (χ4v) is 2.85. The summed E-state index contributed by atoms with van der Waals surface area (Å²) in [5.74, 6) is -1.21. The normalized spacial score (nSPS) is 22.6. The van der Waals surface area contributed by atoms with Crippen LogP contribution in [0.25, 0.3) is 0 Å². The molecular formula is C14H23N3O3. The van der Waals surface area contributed by atoms with Crippen LogP contribution in [0.1, 0.15) is 23.9 Å². The van der Waals surface area contributed by atoms with Gasteiger partial charge in [0.15, 0.2) is 0 Å². The fraction of sp³-hybridized carbons (Fsp3) is 0.714. The van der Waals surface area contributed by atoms with Gasteiger partial charge < -0.3 is 9.84 Å². The Balaban J connectivity index is 2.18. The SMILES string of the molecule is CCN(Cc1c(C)nn(C)c1C)C1COCC1C(=O)O. The number of rotatable bonds is 5. The van der Waals surface area contributed by atoms with E-state index in [0.29, 0.717) is 13.2 Å². The van der Waals surface area contributed by atoms with Crippen molar-refractivity contribution in [1.29, 1.82) is 0 Å². The Kier molecular flexibility index (Phi) is 4.45. The number of hydrogen-bond donors (Lipinski definition) is 1. The summed E-state index contributed by atoms with van der Waals surface area (Å²) in [6.45, 7) is 8.41. The molecule has 1 aromatic heterocycles. The molecule has 6 heteroatoms. The first-order valence-electron chi connectivity index (χ1n) is 6.99. The van der Waals surface area contributed by atoms with Gasteiger partial charge in [-0.2, -0.15) is 5.10 Å². The summed E-state index contributed by atoms with van der Waals surface area (Å²) in [7, 11) is 1.93. The van der Waals surface area contributed by atoms with Crippen LogP contribution in [-0.2, 0) is 23.1 Å². The highest BCUT2D eigenvalue weighted by atomic mass is 16.5. The zero-order valence-corrected chi connectivity index (χ0v) is 12.6. The number of aryl methyl sites for hydroxylation is 2. The number of carboxylic acid groups (broad SMARTS) is 1. The van der Waals surface area contributed by atoms with Crippen molar-refractivity contribution < 1.29 is 14.6 Å². The van der Waals surface area contributed by atoms with Crippen LogP contribution < -0.4 is 0 Å². The smallest absolute Gasteiger partial charge is 0.310 e. The van der Waals surface area contributed by atoms with E-state index in [4.69, 9.17) is 4.74 Å². The Morgan fingerprint density at radius 1 is 1.50 bits per heavy atom. The molecule has 0 amide bonds. The lowest BCUT2D eigenvalue weighted by Crippen LogP contribution is -2.42. The van der Waals surface area contributed by atoms with Crippen LogP contribution in [0, 0.1) is 19.8 Å². The average molecular weight is 281 g/mol. The monoisotopic (exact) mass is 281 g/mol. The lowest BCUT2D eigenvalue weighted by molar-refractivity contribution is -0.143. The number of aliphatic carboxylic acids is 1. The Morgan fingerprint density at radius 2 is 2.20 bits per heavy atom. The summed E-state index contributed by atoms with van der Waals surface area (Å²) in [6.07, 6.45) is 0. The van der Waals surface area contributed by atoms with Crippen LogP contribution in [0.3, 0.4) is 0 Å². The molecule has 1 aliphatic heterocycles. The zero-order chi connectivity index (χ0) is 14.9. The highest BCUT2D eigenvalue weighted by Crippen LogP contribution is 2.23. The molecule has 1 saturated heterocycles. The molecule has 0 saturated carbocycles. The van der Waals surface area contributed by atoms with Gasteiger partial charge in [-0.1, -0.05) is 6.92 Å². The predicted molar refractivity (Wildman–Crippen MR) is 74.5 cm³/mol. The molecule has 2 heterocycles. The van der Waals surface area contributed by atoms with Crippen molar-refractivity contribution in [1.82, 2.24) is 14.7 Å². The molecule has 6 nitrogen and oxygen atoms in total. The molecule has 2 rings (SSSR count). The number of aromatic nitrogens is 2. The first kappa shape index (κ1) is 15.0. The second kappa shape index (κ2) is 5.93. The van der Waals surface area contributed by atoms with Crippen molar-refractivity contribution in [2.75, 3.05) is 19.8 Å². The third kappa shape index (κ3) is 2.71. The first-order chi connectivity index (χ1) is 9.45. The van der Waals surface area contributed by atoms with Crippen molar-refractivity contribution in [3.8, 4) is 0 Å². The third-order valence-corrected chi connectivity index (χ3v) is 4.26. The number of hydrogen-bond acceptors (Lipinski definition) is 4. The van der Waals surface area contributed by atoms with E-state index in [1.165, 1.54) is 5.56 Å². The predicted octanol–water partition coefficient (Wildman–Crippen LogP) is 0.958. The second-order valence-electron chi connectivity index (χ2n) is 5.39. The Hall–Kier alpha value is -1.40. The van der Waals surface area contributed by atoms with Gasteiger partial charge in [-0.15, -0.1) is 0 Å². The van der Waals surface area contributed by atoms with Gasteiger partial charge in [0.25, 0.3) is 0 Å². The quantitative estimate of drug-likeness (QED) is 0.870. The van der Waals surface area contributed by atoms with Crippen LogP contribution in [0.4, 0.5) is 0 Å². The van der Waals surface area contributed by atoms with Gasteiger partial charge in [0.2, 0.25) is 0 Å². The van der Waals surface area contributed by atoms with Crippen molar-refractivity contribution in [3.05, 3.63) is 17.0 Å². The van der Waals surface area contributed by atoms with Gasteiger partial charge in [0.05, 0.1) is 24.8 Å². The number of carboxylic acids is 1. The van der Waals surface area contributed by atoms with E-state index in [9.17, 15) is 9.90 Å². The minimum Gasteiger partial charge on any atom is -0.481 e. The maximum absolute atomic E-state index is 11.3. The lowest BCUT2D eigenvalue weighted by atomic mass is 10.0. The first-order valence-corrected chi connectivity index (χ1v) is 6.99. The fourth-order valence-electron chi connectivity index (χ4n) is 2.85. The number of ether oxygens (including phenoxy) is 1. The molecule has 2 atom stereocenters. The maximum Gasteiger partial charge on any atom is 0.310 e. The van der Waals surface area contributed by atoms with E-state index >= 15 is 0 Å². The highest BCUT2D eigenvalue weighted by molar-refractivity contribution is 5.71. The summed E-state index contributed by atoms with van der Waals surface area (Å²) < 4.78 is 7.25. The maximum atomic E-state index is 11.3. The largest absolute Gasteiger partial charge is 0.481 e. The van der Waals surface area contributed by atoms with E-state index in [1.807, 2.05) is 25.6 Å². The van der Waals surface area contributed by atoms with Crippen molar-refractivity contribution >= 4 is 5.97 Å². The third-order valence-electron chi connectivity index (χ3n) is 4.26. The Morgan fingerprint density at radius 3 is 2.70 bits per heavy atom. The molecule has 0 aromatic carbocycles. The molecule has 20 heavy (non-hydrogen) atoms. The molecule has 2 unspecified atom stereocenters. The van der Waals surface area contributed by atoms with Crippen molar-refractivity contribution in [3.63, 3.8) is 0 Å². The molecule has 0 bridgehead atoms. The van der Waals surface area contributed by atoms with Gasteiger partial charge in [-0.25, -0.2) is 0 Å². The standard InChI is InChI=1S/C14H23N3O3/c1-5-17(13-8-20-7-12(13)14(18)19)6-11-9(2)15-16(4)10(11)3/h12-13H,5-8H2,1-4H3,(H,18,19). The summed E-state index contributed by atoms with van der Waals surface area (Å²) in [5.41, 5.74) is 3.33. The van der Waals surface area contributed by atoms with Crippen molar-refractivity contribution in [2.45, 2.75) is 33.4 Å². The van der Waals surface area contributed by atoms with Crippen LogP contribution in [0.2, 0.25) is 0 Å². The topological polar surface area (TPSA) is 67.6 Å². The summed E-state index contributed by atoms with van der Waals surface area (Å²) in [5, 5.41) is 13.7. The van der Waals surface area contributed by atoms with E-state index in [0.717, 1.165) is 24.5 Å². The summed E-state index contributed by atoms with van der Waals surface area (Å²) >= 11 is 0. The van der Waals surface area contributed by atoms with Gasteiger partial charge in [-0.3, -0.25) is 14.4 Å². The second-order valence-corrected chi connectivity index (χ2v) is 5.39. The molecular weight excluding hydrogens is 258 g/mol. The van der Waals surface area contributed by atoms with Crippen molar-refractivity contribution in [2.24, 2.45) is 13.0 Å². The summed E-state index contributed by atoms with van der Waals surface area (Å²) in [4.78, 5) is 13.5. The molecule has 0 radical (unpaired) electrons. The minimum absolute atomic E-state index is 0.0588. The molecule has 1 fully saturated rings. The van der Waals surface area contributed by atoms with E-state index < -0.39 is 11.9 Å². The summed E-state index contributed by atoms with van der Waals surface area (Å²) in [6, 6.07) is -0.0588. The van der Waals surface area contributed by atoms with Crippen LogP contribution >= 0.6 is 0 Å². The lowest BCUT2D eigenvalue weighted by Gasteiger charge is -2.29. The van der Waals surface area contributed by atoms with Gasteiger partial charge in [0, 0.05) is 30.9 Å². The number of nitrogens with zero attached hydrogens (tertiary/aromatic N) is 3. The number of likely N-dealkylation sites (N-methyl/N-ethyl adjacent to an activating group) is 1. The van der Waals surface area contributed by atoms with Crippen LogP contribution in [0.15, 0.2) is 0 Å². The van der Waals surface area contributed by atoms with E-state index in [-0.39, 0.29) is 6.04 Å². The van der Waals surface area contributed by atoms with Gasteiger partial charge in [0.1, 0.15) is 0 Å². The molecule has 1 aliphatic rings. The molecule has 0 aliphatic carbocycles. The molecule has 112 valence electrons.